The van der Waals surface area contributed by atoms with E-state index in [1.165, 1.54) is 5.57 Å². The molecule has 3 saturated carbocycles. The van der Waals surface area contributed by atoms with E-state index in [2.05, 4.69) is 19.9 Å². The largest absolute Gasteiger partial charge is 0.396 e. The Hall–Kier alpha value is -0.420. The van der Waals surface area contributed by atoms with E-state index in [4.69, 9.17) is 0 Å². The van der Waals surface area contributed by atoms with Crippen molar-refractivity contribution < 1.29 is 20.4 Å². The highest BCUT2D eigenvalue weighted by molar-refractivity contribution is 5.35. The molecular formula is C20H32O4. The summed E-state index contributed by atoms with van der Waals surface area (Å²) in [6.07, 6.45) is 8.05. The van der Waals surface area contributed by atoms with Crippen molar-refractivity contribution in [3.63, 3.8) is 0 Å². The van der Waals surface area contributed by atoms with Crippen molar-refractivity contribution in [2.45, 2.75) is 70.5 Å². The summed E-state index contributed by atoms with van der Waals surface area (Å²) in [7, 11) is 0. The molecule has 0 aromatic carbocycles. The number of allylic oxidation sites excluding steroid dienone is 1. The van der Waals surface area contributed by atoms with E-state index in [-0.39, 0.29) is 30.0 Å². The molecular weight excluding hydrogens is 304 g/mol. The highest BCUT2D eigenvalue weighted by atomic mass is 16.3. The van der Waals surface area contributed by atoms with Crippen LogP contribution in [0.15, 0.2) is 11.6 Å². The molecule has 4 N–H and O–H groups in total. The predicted octanol–water partition coefficient (Wildman–Crippen LogP) is 2.01. The van der Waals surface area contributed by atoms with Crippen LogP contribution in [0, 0.1) is 28.1 Å². The maximum absolute atomic E-state index is 10.8. The zero-order valence-electron chi connectivity index (χ0n) is 15.0. The molecule has 4 aliphatic rings. The number of aliphatic hydroxyl groups is 4. The van der Waals surface area contributed by atoms with Crippen LogP contribution < -0.4 is 0 Å². The molecule has 4 rings (SSSR count). The van der Waals surface area contributed by atoms with Crippen LogP contribution in [-0.4, -0.2) is 45.3 Å². The first-order valence-corrected chi connectivity index (χ1v) is 9.59. The molecule has 0 radical (unpaired) electrons. The first-order valence-electron chi connectivity index (χ1n) is 9.59. The van der Waals surface area contributed by atoms with Crippen LogP contribution in [0.3, 0.4) is 0 Å². The van der Waals surface area contributed by atoms with Crippen LogP contribution in [0.2, 0.25) is 0 Å². The summed E-state index contributed by atoms with van der Waals surface area (Å²) in [6, 6.07) is 0. The third kappa shape index (κ3) is 1.78. The quantitative estimate of drug-likeness (QED) is 0.582. The topological polar surface area (TPSA) is 80.9 Å². The average molecular weight is 336 g/mol. The van der Waals surface area contributed by atoms with Crippen LogP contribution in [0.4, 0.5) is 0 Å². The van der Waals surface area contributed by atoms with Crippen LogP contribution in [0.25, 0.3) is 0 Å². The molecule has 0 unspecified atom stereocenters. The maximum atomic E-state index is 10.8. The fourth-order valence-electron chi connectivity index (χ4n) is 7.23. The molecule has 4 aliphatic carbocycles. The summed E-state index contributed by atoms with van der Waals surface area (Å²) in [5.41, 5.74) is 0.219. The maximum Gasteiger partial charge on any atom is 0.0940 e. The molecule has 0 aromatic heterocycles. The van der Waals surface area contributed by atoms with Gasteiger partial charge in [-0.2, -0.15) is 0 Å². The molecule has 136 valence electrons. The van der Waals surface area contributed by atoms with Gasteiger partial charge in [-0.15, -0.1) is 0 Å². The van der Waals surface area contributed by atoms with Gasteiger partial charge in [0, 0.05) is 11.3 Å². The van der Waals surface area contributed by atoms with Crippen LogP contribution >= 0.6 is 0 Å². The first kappa shape index (κ1) is 17.0. The fourth-order valence-corrected chi connectivity index (χ4v) is 7.23. The minimum Gasteiger partial charge on any atom is -0.396 e. The van der Waals surface area contributed by atoms with E-state index >= 15 is 0 Å². The molecule has 3 fully saturated rings. The highest BCUT2D eigenvalue weighted by Gasteiger charge is 2.67. The summed E-state index contributed by atoms with van der Waals surface area (Å²) < 4.78 is 0. The Balaban J connectivity index is 1.77. The predicted molar refractivity (Wildman–Crippen MR) is 91.2 cm³/mol. The lowest BCUT2D eigenvalue weighted by Gasteiger charge is -2.65. The van der Waals surface area contributed by atoms with Crippen molar-refractivity contribution in [3.8, 4) is 0 Å². The minimum atomic E-state index is -0.962. The molecule has 4 nitrogen and oxygen atoms in total. The zero-order valence-corrected chi connectivity index (χ0v) is 15.0. The second kappa shape index (κ2) is 5.06. The Labute approximate surface area is 144 Å². The molecule has 0 aliphatic heterocycles. The molecule has 0 heterocycles. The Morgan fingerprint density at radius 2 is 1.83 bits per heavy atom. The molecule has 0 saturated heterocycles. The van der Waals surface area contributed by atoms with Crippen molar-refractivity contribution in [1.29, 1.82) is 0 Å². The van der Waals surface area contributed by atoms with Crippen molar-refractivity contribution in [2.75, 3.05) is 13.2 Å². The van der Waals surface area contributed by atoms with Crippen LogP contribution in [-0.2, 0) is 0 Å². The summed E-state index contributed by atoms with van der Waals surface area (Å²) in [6.45, 7) is 4.30. The summed E-state index contributed by atoms with van der Waals surface area (Å²) in [5, 5.41) is 41.2. The number of hydrogen-bond donors (Lipinski definition) is 4. The molecule has 0 aromatic rings. The lowest BCUT2D eigenvalue weighted by Crippen LogP contribution is -2.62. The van der Waals surface area contributed by atoms with Crippen molar-refractivity contribution in [1.82, 2.24) is 0 Å². The number of rotatable bonds is 2. The van der Waals surface area contributed by atoms with Crippen LogP contribution in [0.1, 0.15) is 58.8 Å². The van der Waals surface area contributed by atoms with E-state index in [0.717, 1.165) is 38.5 Å². The standard InChI is InChI=1S/C20H32O4/c1-17(11-21)15-4-3-13-9-14-10-19(13,7-8-20(14,24)12-22)18(15,2)6-5-16(17)23/h9,14-16,21-24H,3-8,10-12H2,1-2H3/t14-,15+,16-,17+,18+,19+,20+/m1/s1. The Morgan fingerprint density at radius 1 is 1.08 bits per heavy atom. The van der Waals surface area contributed by atoms with Gasteiger partial charge in [-0.25, -0.2) is 0 Å². The SMILES string of the molecule is C[C@@]1(CO)[C@H](O)CC[C@@]2(C)[C@H]1CCC1=C[C@@H]3C[C@@]12CC[C@]3(O)CO. The molecule has 4 heteroatoms. The Bertz CT molecular complexity index is 574. The van der Waals surface area contributed by atoms with Crippen molar-refractivity contribution >= 4 is 0 Å². The normalized spacial score (nSPS) is 56.4. The minimum absolute atomic E-state index is 0.0353. The number of fused-ring (bicyclic) bond motifs is 2. The van der Waals surface area contributed by atoms with Gasteiger partial charge in [0.2, 0.25) is 0 Å². The van der Waals surface area contributed by atoms with Gasteiger partial charge >= 0.3 is 0 Å². The summed E-state index contributed by atoms with van der Waals surface area (Å²) in [5.74, 6) is 0.351. The Morgan fingerprint density at radius 3 is 2.50 bits per heavy atom. The van der Waals surface area contributed by atoms with Gasteiger partial charge in [0.1, 0.15) is 0 Å². The van der Waals surface area contributed by atoms with E-state index < -0.39 is 17.1 Å². The van der Waals surface area contributed by atoms with Gasteiger partial charge in [-0.3, -0.25) is 0 Å². The van der Waals surface area contributed by atoms with Gasteiger partial charge in [0.05, 0.1) is 24.9 Å². The van der Waals surface area contributed by atoms with Gasteiger partial charge < -0.3 is 20.4 Å². The van der Waals surface area contributed by atoms with Gasteiger partial charge in [-0.1, -0.05) is 25.5 Å². The van der Waals surface area contributed by atoms with E-state index in [1.54, 1.807) is 0 Å². The third-order valence-corrected chi connectivity index (χ3v) is 8.93. The monoisotopic (exact) mass is 336 g/mol. The zero-order chi connectivity index (χ0) is 17.4. The van der Waals surface area contributed by atoms with Crippen LogP contribution in [0.5, 0.6) is 0 Å². The fraction of sp³-hybridized carbons (Fsp3) is 0.900. The van der Waals surface area contributed by atoms with Crippen molar-refractivity contribution in [2.24, 2.45) is 28.1 Å². The molecule has 24 heavy (non-hydrogen) atoms. The number of hydrogen-bond acceptors (Lipinski definition) is 4. The van der Waals surface area contributed by atoms with E-state index in [0.29, 0.717) is 12.3 Å². The third-order valence-electron chi connectivity index (χ3n) is 8.93. The second-order valence-corrected chi connectivity index (χ2v) is 9.57. The van der Waals surface area contributed by atoms with Crippen molar-refractivity contribution in [3.05, 3.63) is 11.6 Å². The molecule has 0 amide bonds. The summed E-state index contributed by atoms with van der Waals surface area (Å²) in [4.78, 5) is 0. The molecule has 7 atom stereocenters. The Kier molecular flexibility index (Phi) is 3.59. The van der Waals surface area contributed by atoms with E-state index in [1.807, 2.05) is 0 Å². The first-order chi connectivity index (χ1) is 11.3. The second-order valence-electron chi connectivity index (χ2n) is 9.57. The lowest BCUT2D eigenvalue weighted by atomic mass is 9.39. The molecule has 2 bridgehead atoms. The van der Waals surface area contributed by atoms with Gasteiger partial charge in [-0.05, 0) is 61.7 Å². The lowest BCUT2D eigenvalue weighted by molar-refractivity contribution is -0.194. The van der Waals surface area contributed by atoms with Gasteiger partial charge in [0.15, 0.2) is 0 Å². The average Bonchev–Trinajstić information content (AvgIpc) is 2.93. The smallest absolute Gasteiger partial charge is 0.0940 e. The number of aliphatic hydroxyl groups excluding tert-OH is 3. The highest BCUT2D eigenvalue weighted by Crippen LogP contribution is 2.73. The van der Waals surface area contributed by atoms with E-state index in [9.17, 15) is 20.4 Å². The molecule has 1 spiro atoms. The van der Waals surface area contributed by atoms with Gasteiger partial charge in [0.25, 0.3) is 0 Å². The summed E-state index contributed by atoms with van der Waals surface area (Å²) >= 11 is 0.